The van der Waals surface area contributed by atoms with Crippen LogP contribution in [0.2, 0.25) is 0 Å². The van der Waals surface area contributed by atoms with E-state index in [-0.39, 0.29) is 18.7 Å². The third-order valence-electron chi connectivity index (χ3n) is 2.75. The summed E-state index contributed by atoms with van der Waals surface area (Å²) < 4.78 is 9.93. The van der Waals surface area contributed by atoms with Crippen molar-refractivity contribution in [1.82, 2.24) is 5.32 Å². The van der Waals surface area contributed by atoms with Gasteiger partial charge < -0.3 is 14.8 Å². The van der Waals surface area contributed by atoms with Crippen LogP contribution in [0.25, 0.3) is 0 Å². The molecule has 0 aromatic rings. The largest absolute Gasteiger partial charge is 0.467 e. The van der Waals surface area contributed by atoms with Crippen LogP contribution >= 0.6 is 0 Å². The normalized spacial score (nSPS) is 27.3. The Bertz CT molecular complexity index is 176. The first kappa shape index (κ1) is 11.5. The Hall–Kier alpha value is -0.610. The molecule has 1 N–H and O–H groups in total. The summed E-state index contributed by atoms with van der Waals surface area (Å²) in [4.78, 5) is 10.8. The van der Waals surface area contributed by atoms with Crippen molar-refractivity contribution < 1.29 is 14.3 Å². The fraction of sp³-hybridized carbons (Fsp3) is 0.900. The summed E-state index contributed by atoms with van der Waals surface area (Å²) in [5.74, 6) is -0.291. The molecule has 0 saturated heterocycles. The van der Waals surface area contributed by atoms with Crippen LogP contribution in [0.3, 0.4) is 0 Å². The second-order valence-corrected chi connectivity index (χ2v) is 3.65. The number of ether oxygens (including phenoxy) is 2. The first-order valence-corrected chi connectivity index (χ1v) is 5.12. The van der Waals surface area contributed by atoms with E-state index in [1.165, 1.54) is 7.11 Å². The van der Waals surface area contributed by atoms with Crippen LogP contribution in [-0.2, 0) is 14.3 Å². The summed E-state index contributed by atoms with van der Waals surface area (Å²) in [6.45, 7) is 0.0887. The molecular formula is C10H19NO3. The molecule has 14 heavy (non-hydrogen) atoms. The molecule has 82 valence electrons. The van der Waals surface area contributed by atoms with Gasteiger partial charge in [-0.25, -0.2) is 4.79 Å². The van der Waals surface area contributed by atoms with Crippen LogP contribution in [0.5, 0.6) is 0 Å². The fourth-order valence-electron chi connectivity index (χ4n) is 1.76. The van der Waals surface area contributed by atoms with Crippen molar-refractivity contribution in [2.75, 3.05) is 20.8 Å². The van der Waals surface area contributed by atoms with Crippen LogP contribution in [-0.4, -0.2) is 38.9 Å². The molecule has 0 atom stereocenters. The average Bonchev–Trinajstić information content (AvgIpc) is 2.26. The molecule has 4 heteroatoms. The van der Waals surface area contributed by atoms with Crippen molar-refractivity contribution >= 4 is 5.97 Å². The first-order valence-electron chi connectivity index (χ1n) is 5.12. The Morgan fingerprint density at radius 3 is 2.50 bits per heavy atom. The number of carbonyl (C=O) groups excluding carboxylic acids is 1. The molecule has 0 radical (unpaired) electrons. The Labute approximate surface area is 85.0 Å². The predicted molar refractivity (Wildman–Crippen MR) is 53.1 cm³/mol. The second-order valence-electron chi connectivity index (χ2n) is 3.65. The van der Waals surface area contributed by atoms with Gasteiger partial charge in [-0.2, -0.15) is 0 Å². The van der Waals surface area contributed by atoms with Gasteiger partial charge in [0, 0.05) is 6.04 Å². The Balaban J connectivity index is 2.13. The summed E-state index contributed by atoms with van der Waals surface area (Å²) in [5, 5.41) is 3.25. The average molecular weight is 201 g/mol. The summed E-state index contributed by atoms with van der Waals surface area (Å²) in [6, 6.07) is 0.618. The van der Waals surface area contributed by atoms with Crippen molar-refractivity contribution in [3.63, 3.8) is 0 Å². The van der Waals surface area contributed by atoms with Gasteiger partial charge in [0.05, 0.1) is 13.2 Å². The van der Waals surface area contributed by atoms with Crippen molar-refractivity contribution in [3.05, 3.63) is 0 Å². The highest BCUT2D eigenvalue weighted by molar-refractivity contribution is 5.70. The van der Waals surface area contributed by atoms with Gasteiger partial charge in [0.1, 0.15) is 6.61 Å². The lowest BCUT2D eigenvalue weighted by Gasteiger charge is -2.27. The maximum Gasteiger partial charge on any atom is 0.331 e. The monoisotopic (exact) mass is 201 g/mol. The van der Waals surface area contributed by atoms with E-state index in [4.69, 9.17) is 4.74 Å². The molecule has 0 bridgehead atoms. The van der Waals surface area contributed by atoms with E-state index < -0.39 is 0 Å². The fourth-order valence-corrected chi connectivity index (χ4v) is 1.76. The van der Waals surface area contributed by atoms with Crippen LogP contribution in [0, 0.1) is 0 Å². The predicted octanol–water partition coefficient (Wildman–Crippen LogP) is 0.707. The van der Waals surface area contributed by atoms with Gasteiger partial charge >= 0.3 is 5.97 Å². The van der Waals surface area contributed by atoms with Crippen molar-refractivity contribution in [1.29, 1.82) is 0 Å². The van der Waals surface area contributed by atoms with E-state index >= 15 is 0 Å². The highest BCUT2D eigenvalue weighted by Gasteiger charge is 2.20. The number of hydrogen-bond acceptors (Lipinski definition) is 4. The quantitative estimate of drug-likeness (QED) is 0.680. The van der Waals surface area contributed by atoms with E-state index in [0.717, 1.165) is 25.7 Å². The number of nitrogens with one attached hydrogen (secondary N) is 1. The minimum absolute atomic E-state index is 0.0887. The molecule has 1 aliphatic carbocycles. The molecule has 0 spiro atoms. The molecule has 1 saturated carbocycles. The Morgan fingerprint density at radius 2 is 2.00 bits per heavy atom. The Morgan fingerprint density at radius 1 is 1.36 bits per heavy atom. The number of hydrogen-bond donors (Lipinski definition) is 1. The van der Waals surface area contributed by atoms with Crippen LogP contribution in [0.1, 0.15) is 25.7 Å². The third kappa shape index (κ3) is 3.64. The first-order chi connectivity index (χ1) is 6.76. The SMILES string of the molecule is CNC1CCC(OCC(=O)OC)CC1. The van der Waals surface area contributed by atoms with E-state index in [0.29, 0.717) is 6.04 Å². The molecule has 0 heterocycles. The lowest BCUT2D eigenvalue weighted by Crippen LogP contribution is -2.33. The van der Waals surface area contributed by atoms with E-state index in [1.807, 2.05) is 7.05 Å². The maximum absolute atomic E-state index is 10.8. The lowest BCUT2D eigenvalue weighted by atomic mass is 9.93. The molecule has 4 nitrogen and oxygen atoms in total. The van der Waals surface area contributed by atoms with Crippen LogP contribution in [0.4, 0.5) is 0 Å². The van der Waals surface area contributed by atoms with Crippen molar-refractivity contribution in [3.8, 4) is 0 Å². The lowest BCUT2D eigenvalue weighted by molar-refractivity contribution is -0.148. The third-order valence-corrected chi connectivity index (χ3v) is 2.75. The van der Waals surface area contributed by atoms with Gasteiger partial charge in [-0.1, -0.05) is 0 Å². The highest BCUT2D eigenvalue weighted by Crippen LogP contribution is 2.20. The number of rotatable bonds is 4. The van der Waals surface area contributed by atoms with Crippen molar-refractivity contribution in [2.45, 2.75) is 37.8 Å². The standard InChI is InChI=1S/C10H19NO3/c1-11-8-3-5-9(6-4-8)14-7-10(12)13-2/h8-9,11H,3-7H2,1-2H3. The zero-order valence-corrected chi connectivity index (χ0v) is 8.91. The molecule has 0 aliphatic heterocycles. The molecule has 0 aromatic carbocycles. The number of methoxy groups -OCH3 is 1. The number of carbonyl (C=O) groups is 1. The van der Waals surface area contributed by atoms with Crippen LogP contribution in [0.15, 0.2) is 0 Å². The molecular weight excluding hydrogens is 182 g/mol. The van der Waals surface area contributed by atoms with E-state index in [1.54, 1.807) is 0 Å². The molecule has 0 aromatic heterocycles. The van der Waals surface area contributed by atoms with E-state index in [9.17, 15) is 4.79 Å². The second kappa shape index (κ2) is 5.98. The van der Waals surface area contributed by atoms with Crippen LogP contribution < -0.4 is 5.32 Å². The zero-order valence-electron chi connectivity index (χ0n) is 8.91. The Kier molecular flexibility index (Phi) is 4.90. The van der Waals surface area contributed by atoms with Gasteiger partial charge in [0.2, 0.25) is 0 Å². The van der Waals surface area contributed by atoms with Gasteiger partial charge in [-0.15, -0.1) is 0 Å². The minimum Gasteiger partial charge on any atom is -0.467 e. The summed E-state index contributed by atoms with van der Waals surface area (Å²) in [7, 11) is 3.36. The number of esters is 1. The molecule has 0 unspecified atom stereocenters. The van der Waals surface area contributed by atoms with Gasteiger partial charge in [0.25, 0.3) is 0 Å². The summed E-state index contributed by atoms with van der Waals surface area (Å²) >= 11 is 0. The molecule has 1 rings (SSSR count). The minimum atomic E-state index is -0.291. The zero-order chi connectivity index (χ0) is 10.4. The molecule has 0 amide bonds. The molecule has 1 fully saturated rings. The molecule has 1 aliphatic rings. The topological polar surface area (TPSA) is 47.6 Å². The smallest absolute Gasteiger partial charge is 0.331 e. The van der Waals surface area contributed by atoms with E-state index in [2.05, 4.69) is 10.1 Å². The summed E-state index contributed by atoms with van der Waals surface area (Å²) in [6.07, 6.45) is 4.55. The highest BCUT2D eigenvalue weighted by atomic mass is 16.6. The van der Waals surface area contributed by atoms with Gasteiger partial charge in [0.15, 0.2) is 0 Å². The maximum atomic E-state index is 10.8. The van der Waals surface area contributed by atoms with Gasteiger partial charge in [-0.3, -0.25) is 0 Å². The van der Waals surface area contributed by atoms with Crippen molar-refractivity contribution in [2.24, 2.45) is 0 Å². The van der Waals surface area contributed by atoms with Gasteiger partial charge in [-0.05, 0) is 32.7 Å². The summed E-state index contributed by atoms with van der Waals surface area (Å²) in [5.41, 5.74) is 0.